The molecule has 11 rings (SSSR count). The van der Waals surface area contributed by atoms with Gasteiger partial charge in [-0.25, -0.2) is 13.6 Å². The summed E-state index contributed by atoms with van der Waals surface area (Å²) < 4.78 is 44.5. The molecule has 0 spiro atoms. The molecule has 5 amide bonds. The molecule has 3 unspecified atom stereocenters. The fourth-order valence-electron chi connectivity index (χ4n) is 12.1. The van der Waals surface area contributed by atoms with Crippen LogP contribution >= 0.6 is 0 Å². The number of hydrogen-bond acceptors (Lipinski definition) is 15. The molecule has 6 aliphatic heterocycles. The van der Waals surface area contributed by atoms with E-state index in [9.17, 15) is 29.1 Å². The zero-order chi connectivity index (χ0) is 51.3. The number of imide groups is 2. The van der Waals surface area contributed by atoms with E-state index >= 15 is 8.78 Å². The number of pyridine rings is 1. The van der Waals surface area contributed by atoms with Gasteiger partial charge in [-0.05, 0) is 106 Å². The number of piperidine rings is 1. The summed E-state index contributed by atoms with van der Waals surface area (Å²) in [6.07, 6.45) is 15.7. The summed E-state index contributed by atoms with van der Waals surface area (Å²) in [5, 5.41) is 23.8. The number of halogens is 2. The molecule has 5 fully saturated rings. The summed E-state index contributed by atoms with van der Waals surface area (Å²) in [5.41, 5.74) is 0.657. The molecule has 8 heterocycles. The van der Waals surface area contributed by atoms with Crippen molar-refractivity contribution in [2.24, 2.45) is 0 Å². The van der Waals surface area contributed by atoms with Crippen LogP contribution in [0.1, 0.15) is 103 Å². The third kappa shape index (κ3) is 9.16. The van der Waals surface area contributed by atoms with Crippen LogP contribution in [0.4, 0.5) is 25.1 Å². The Kier molecular flexibility index (Phi) is 13.2. The molecular weight excluding hydrogens is 955 g/mol. The molecule has 2 bridgehead atoms. The Balaban J connectivity index is 0.679. The van der Waals surface area contributed by atoms with Crippen LogP contribution in [0.3, 0.4) is 0 Å². The standard InChI is InChI=1S/C54H56F2N10O8/c1-2-36-41(55)13-8-30-22-35(67)24-39(44(30)36)46-45(56)47-40(25-59-46)48(64-26-32-9-10-33(27-64)60-32)63-52(62-47)74-29-54-17-7-21-65(54)34(16-18-54)28-73-53(72)58-20-6-4-3-5-19-57-31-11-12-37-38(23-31)51(71)66(50(37)70)42-14-15-43(68)61-49(42)69/h1,8,11-13,22-25,32-34,42,57,60,67H,3-7,9-10,14-21,26-29H2,(H,58,72)(H,61,68,69)/t32?,33?,34-,42?,54-/m0/s1. The van der Waals surface area contributed by atoms with Gasteiger partial charge in [0.05, 0.1) is 27.6 Å². The maximum Gasteiger partial charge on any atom is 0.407 e. The van der Waals surface area contributed by atoms with Crippen molar-refractivity contribution in [1.29, 1.82) is 0 Å². The van der Waals surface area contributed by atoms with Crippen LogP contribution in [0.25, 0.3) is 32.9 Å². The maximum atomic E-state index is 17.2. The van der Waals surface area contributed by atoms with Gasteiger partial charge in [-0.15, -0.1) is 6.42 Å². The number of piperazine rings is 1. The number of unbranched alkanes of at least 4 members (excludes halogenated alkanes) is 3. The van der Waals surface area contributed by atoms with Gasteiger partial charge in [0.15, 0.2) is 5.82 Å². The van der Waals surface area contributed by atoms with Gasteiger partial charge >= 0.3 is 12.1 Å². The Hall–Kier alpha value is -7.50. The number of amides is 5. The van der Waals surface area contributed by atoms with Crippen LogP contribution in [-0.4, -0.2) is 135 Å². The highest BCUT2D eigenvalue weighted by atomic mass is 19.1. The number of ether oxygens (including phenoxy) is 2. The van der Waals surface area contributed by atoms with Crippen LogP contribution in [0.5, 0.6) is 11.8 Å². The van der Waals surface area contributed by atoms with Gasteiger partial charge in [0.2, 0.25) is 11.8 Å². The quantitative estimate of drug-likeness (QED) is 0.0440. The Morgan fingerprint density at radius 2 is 1.72 bits per heavy atom. The summed E-state index contributed by atoms with van der Waals surface area (Å²) in [5.74, 6) is -0.863. The lowest BCUT2D eigenvalue weighted by Gasteiger charge is -2.35. The minimum Gasteiger partial charge on any atom is -0.508 e. The summed E-state index contributed by atoms with van der Waals surface area (Å²) >= 11 is 0. The smallest absolute Gasteiger partial charge is 0.407 e. The molecule has 384 valence electrons. The highest BCUT2D eigenvalue weighted by Crippen LogP contribution is 2.44. The number of terminal acetylenes is 1. The fraction of sp³-hybridized carbons (Fsp3) is 0.444. The second kappa shape index (κ2) is 20.1. The predicted octanol–water partition coefficient (Wildman–Crippen LogP) is 5.93. The SMILES string of the molecule is C#Cc1c(F)ccc2cc(O)cc(-c3ncc4c(N5CC6CCC(C5)N6)nc(OC[C@@]56CCCN5[C@H](COC(=O)NCCCCCCNc5ccc7c(c5)C(=O)N(C5CCC(=O)NC5=O)C7=O)CC6)nc4c3F)c12. The first-order chi connectivity index (χ1) is 35.9. The number of rotatable bonds is 16. The number of phenols is 1. The number of fused-ring (bicyclic) bond motifs is 6. The number of nitrogens with one attached hydrogen (secondary N) is 4. The molecule has 6 aliphatic rings. The normalized spacial score (nSPS) is 23.3. The van der Waals surface area contributed by atoms with E-state index in [0.717, 1.165) is 75.7 Å². The highest BCUT2D eigenvalue weighted by Gasteiger charge is 2.50. The molecule has 2 aromatic heterocycles. The highest BCUT2D eigenvalue weighted by molar-refractivity contribution is 6.23. The van der Waals surface area contributed by atoms with Crippen molar-refractivity contribution in [1.82, 2.24) is 40.7 Å². The van der Waals surface area contributed by atoms with E-state index in [-0.39, 0.29) is 100 Å². The zero-order valence-electron chi connectivity index (χ0n) is 40.7. The van der Waals surface area contributed by atoms with E-state index in [0.29, 0.717) is 48.5 Å². The molecular formula is C54H56F2N10O8. The first-order valence-corrected chi connectivity index (χ1v) is 25.6. The van der Waals surface area contributed by atoms with E-state index in [1.165, 1.54) is 30.5 Å². The van der Waals surface area contributed by atoms with Crippen molar-refractivity contribution >= 4 is 62.9 Å². The van der Waals surface area contributed by atoms with Gasteiger partial charge < -0.3 is 35.4 Å². The number of hydrogen-bond donors (Lipinski definition) is 5. The number of alkyl carbamates (subject to hydrolysis) is 1. The van der Waals surface area contributed by atoms with Crippen molar-refractivity contribution in [3.8, 4) is 35.4 Å². The van der Waals surface area contributed by atoms with Gasteiger partial charge in [0.1, 0.15) is 47.9 Å². The number of nitrogens with zero attached hydrogens (tertiary/aromatic N) is 6. The Morgan fingerprint density at radius 1 is 0.919 bits per heavy atom. The lowest BCUT2D eigenvalue weighted by atomic mass is 9.95. The number of benzene rings is 3. The van der Waals surface area contributed by atoms with Crippen LogP contribution < -0.4 is 30.9 Å². The van der Waals surface area contributed by atoms with Gasteiger partial charge in [-0.2, -0.15) is 9.97 Å². The van der Waals surface area contributed by atoms with Crippen LogP contribution in [0.2, 0.25) is 0 Å². The Bertz CT molecular complexity index is 3160. The maximum absolute atomic E-state index is 17.2. The van der Waals surface area contributed by atoms with E-state index in [1.807, 2.05) is 0 Å². The fourth-order valence-corrected chi connectivity index (χ4v) is 12.1. The topological polar surface area (TPSA) is 221 Å². The van der Waals surface area contributed by atoms with Crippen molar-refractivity contribution < 1.29 is 47.3 Å². The summed E-state index contributed by atoms with van der Waals surface area (Å²) in [7, 11) is 0. The zero-order valence-corrected chi connectivity index (χ0v) is 40.7. The monoisotopic (exact) mass is 1010 g/mol. The minimum atomic E-state index is -1.01. The lowest BCUT2D eigenvalue weighted by Crippen LogP contribution is -2.54. The molecule has 5 aromatic rings. The number of aromatic hydroxyl groups is 1. The third-order valence-electron chi connectivity index (χ3n) is 15.7. The molecule has 0 saturated carbocycles. The molecule has 5 atom stereocenters. The lowest BCUT2D eigenvalue weighted by molar-refractivity contribution is -0.136. The van der Waals surface area contributed by atoms with Crippen molar-refractivity contribution in [2.75, 3.05) is 56.2 Å². The van der Waals surface area contributed by atoms with E-state index in [1.54, 1.807) is 18.2 Å². The average molecular weight is 1010 g/mol. The van der Waals surface area contributed by atoms with Crippen LogP contribution in [-0.2, 0) is 14.3 Å². The number of anilines is 2. The van der Waals surface area contributed by atoms with Gasteiger partial charge in [0.25, 0.3) is 11.8 Å². The first kappa shape index (κ1) is 48.8. The number of carbonyl (C=O) groups excluding carboxylic acids is 5. The Morgan fingerprint density at radius 3 is 2.51 bits per heavy atom. The summed E-state index contributed by atoms with van der Waals surface area (Å²) in [6.45, 7) is 3.66. The van der Waals surface area contributed by atoms with Crippen molar-refractivity contribution in [2.45, 2.75) is 107 Å². The summed E-state index contributed by atoms with van der Waals surface area (Å²) in [6, 6.07) is 9.88. The number of aromatic nitrogens is 3. The third-order valence-corrected chi connectivity index (χ3v) is 15.7. The van der Waals surface area contributed by atoms with Crippen molar-refractivity contribution in [3.05, 3.63) is 77.0 Å². The van der Waals surface area contributed by atoms with Crippen molar-refractivity contribution in [3.63, 3.8) is 0 Å². The molecule has 5 N–H and O–H groups in total. The minimum absolute atomic E-state index is 0.0132. The largest absolute Gasteiger partial charge is 0.508 e. The molecule has 0 radical (unpaired) electrons. The predicted molar refractivity (Wildman–Crippen MR) is 269 cm³/mol. The number of phenolic OH excluding ortho intramolecular Hbond substituents is 1. The second-order valence-electron chi connectivity index (χ2n) is 20.3. The van der Waals surface area contributed by atoms with Crippen LogP contribution in [0.15, 0.2) is 48.7 Å². The first-order valence-electron chi connectivity index (χ1n) is 25.6. The average Bonchev–Trinajstić information content (AvgIpc) is 4.13. The van der Waals surface area contributed by atoms with Gasteiger partial charge in [-0.3, -0.25) is 39.3 Å². The molecule has 18 nitrogen and oxygen atoms in total. The van der Waals surface area contributed by atoms with Gasteiger partial charge in [0, 0.05) is 73.6 Å². The number of carbonyl (C=O) groups is 5. The van der Waals surface area contributed by atoms with Crippen LogP contribution in [0, 0.1) is 24.0 Å². The molecule has 0 aliphatic carbocycles. The summed E-state index contributed by atoms with van der Waals surface area (Å²) in [4.78, 5) is 82.6. The van der Waals surface area contributed by atoms with Gasteiger partial charge in [-0.1, -0.05) is 24.8 Å². The van der Waals surface area contributed by atoms with E-state index in [2.05, 4.69) is 47.0 Å². The molecule has 74 heavy (non-hydrogen) atoms. The molecule has 20 heteroatoms. The van der Waals surface area contributed by atoms with E-state index < -0.39 is 47.4 Å². The Labute approximate surface area is 424 Å². The van der Waals surface area contributed by atoms with E-state index in [4.69, 9.17) is 20.9 Å². The molecule has 5 saturated heterocycles. The molecule has 3 aromatic carbocycles. The second-order valence-corrected chi connectivity index (χ2v) is 20.3.